The maximum Gasteiger partial charge on any atom is 0.338 e. The highest BCUT2D eigenvalue weighted by atomic mass is 79.9. The fourth-order valence-electron chi connectivity index (χ4n) is 3.75. The summed E-state index contributed by atoms with van der Waals surface area (Å²) < 4.78 is 5.77. The van der Waals surface area contributed by atoms with Crippen LogP contribution in [0, 0.1) is 0 Å². The van der Waals surface area contributed by atoms with Crippen LogP contribution in [0.2, 0.25) is 0 Å². The first kappa shape index (κ1) is 24.2. The topological polar surface area (TPSA) is 105 Å². The van der Waals surface area contributed by atoms with Gasteiger partial charge in [0.15, 0.2) is 0 Å². The summed E-state index contributed by atoms with van der Waals surface area (Å²) in [5.41, 5.74) is 2.20. The van der Waals surface area contributed by atoms with Crippen LogP contribution in [0.4, 0.5) is 17.1 Å². The lowest BCUT2D eigenvalue weighted by Crippen LogP contribution is -2.52. The van der Waals surface area contributed by atoms with Crippen molar-refractivity contribution in [2.45, 2.75) is 19.4 Å². The molecule has 0 radical (unpaired) electrons. The van der Waals surface area contributed by atoms with Crippen LogP contribution in [-0.4, -0.2) is 36.3 Å². The molecule has 0 bridgehead atoms. The highest BCUT2D eigenvalue weighted by molar-refractivity contribution is 9.10. The van der Waals surface area contributed by atoms with Gasteiger partial charge in [0.1, 0.15) is 6.04 Å². The van der Waals surface area contributed by atoms with Crippen molar-refractivity contribution in [1.82, 2.24) is 0 Å². The van der Waals surface area contributed by atoms with E-state index in [0.717, 1.165) is 4.47 Å². The monoisotopic (exact) mass is 535 g/mol. The summed E-state index contributed by atoms with van der Waals surface area (Å²) in [6, 6.07) is 18.9. The lowest BCUT2D eigenvalue weighted by molar-refractivity contribution is -0.122. The number of nitrogens with zero attached hydrogens (tertiary/aromatic N) is 1. The molecule has 9 heteroatoms. The Bertz CT molecular complexity index is 1270. The minimum atomic E-state index is -1.06. The molecular weight excluding hydrogens is 514 g/mol. The number of halogens is 1. The number of anilines is 3. The zero-order chi connectivity index (χ0) is 24.9. The number of nitrogens with one attached hydrogen (secondary N) is 2. The van der Waals surface area contributed by atoms with Gasteiger partial charge in [-0.2, -0.15) is 0 Å². The summed E-state index contributed by atoms with van der Waals surface area (Å²) in [7, 11) is 0. The number of rotatable bonds is 6. The van der Waals surface area contributed by atoms with Crippen LogP contribution in [0.3, 0.4) is 0 Å². The molecule has 8 nitrogen and oxygen atoms in total. The fraction of sp³-hybridized carbons (Fsp3) is 0.154. The van der Waals surface area contributed by atoms with E-state index in [4.69, 9.17) is 4.74 Å². The van der Waals surface area contributed by atoms with E-state index in [1.807, 2.05) is 0 Å². The number of para-hydroxylation sites is 2. The van der Waals surface area contributed by atoms with Crippen LogP contribution in [0.15, 0.2) is 77.3 Å². The maximum absolute atomic E-state index is 13.5. The molecule has 1 aliphatic rings. The van der Waals surface area contributed by atoms with Gasteiger partial charge >= 0.3 is 5.97 Å². The van der Waals surface area contributed by atoms with Gasteiger partial charge in [0.2, 0.25) is 11.8 Å². The summed E-state index contributed by atoms with van der Waals surface area (Å²) in [5.74, 6) is -1.76. The van der Waals surface area contributed by atoms with Crippen LogP contribution in [-0.2, 0) is 14.3 Å². The molecule has 1 atom stereocenters. The minimum Gasteiger partial charge on any atom is -0.462 e. The number of benzene rings is 3. The zero-order valence-corrected chi connectivity index (χ0v) is 20.4. The lowest BCUT2D eigenvalue weighted by atomic mass is 10.0. The Balaban J connectivity index is 1.56. The molecule has 1 aliphatic heterocycles. The summed E-state index contributed by atoms with van der Waals surface area (Å²) in [4.78, 5) is 52.5. The molecule has 0 spiro atoms. The molecule has 3 aromatic carbocycles. The Labute approximate surface area is 210 Å². The Kier molecular flexibility index (Phi) is 7.26. The molecule has 0 saturated heterocycles. The average Bonchev–Trinajstić information content (AvgIpc) is 2.85. The van der Waals surface area contributed by atoms with Gasteiger partial charge in [-0.05, 0) is 67.6 Å². The molecule has 4 rings (SSSR count). The van der Waals surface area contributed by atoms with E-state index >= 15 is 0 Å². The molecule has 2 N–H and O–H groups in total. The van der Waals surface area contributed by atoms with Gasteiger partial charge in [0.25, 0.3) is 5.91 Å². The Morgan fingerprint density at radius 2 is 1.63 bits per heavy atom. The van der Waals surface area contributed by atoms with Crippen molar-refractivity contribution in [1.29, 1.82) is 0 Å². The third-order valence-electron chi connectivity index (χ3n) is 5.40. The SMILES string of the molecule is CCOC(=O)c1ccc(NC(=O)CC2C(=O)Nc3ccccc3N2C(=O)c2ccc(Br)cc2)cc1. The number of fused-ring (bicyclic) bond motifs is 1. The molecule has 1 unspecified atom stereocenters. The third kappa shape index (κ3) is 5.41. The van der Waals surface area contributed by atoms with E-state index in [9.17, 15) is 19.2 Å². The zero-order valence-electron chi connectivity index (χ0n) is 18.8. The predicted molar refractivity (Wildman–Crippen MR) is 135 cm³/mol. The molecular formula is C26H22BrN3O5. The molecule has 0 fully saturated rings. The van der Waals surface area contributed by atoms with E-state index in [2.05, 4.69) is 26.6 Å². The molecule has 3 aromatic rings. The van der Waals surface area contributed by atoms with Crippen LogP contribution in [0.5, 0.6) is 0 Å². The van der Waals surface area contributed by atoms with Crippen molar-refractivity contribution < 1.29 is 23.9 Å². The predicted octanol–water partition coefficient (Wildman–Crippen LogP) is 4.62. The Morgan fingerprint density at radius 3 is 2.31 bits per heavy atom. The first-order chi connectivity index (χ1) is 16.9. The normalized spacial score (nSPS) is 14.5. The van der Waals surface area contributed by atoms with E-state index in [1.165, 1.54) is 4.90 Å². The van der Waals surface area contributed by atoms with E-state index in [0.29, 0.717) is 28.2 Å². The second-order valence-electron chi connectivity index (χ2n) is 7.75. The number of amides is 3. The van der Waals surface area contributed by atoms with Crippen molar-refractivity contribution in [2.24, 2.45) is 0 Å². The quantitative estimate of drug-likeness (QED) is 0.448. The highest BCUT2D eigenvalue weighted by Gasteiger charge is 2.38. The maximum atomic E-state index is 13.5. The van der Waals surface area contributed by atoms with Crippen LogP contribution < -0.4 is 15.5 Å². The van der Waals surface area contributed by atoms with Crippen molar-refractivity contribution in [3.05, 3.63) is 88.4 Å². The standard InChI is InChI=1S/C26H22BrN3O5/c1-2-35-26(34)17-9-13-19(14-10-17)28-23(31)15-22-24(32)29-20-5-3-4-6-21(20)30(22)25(33)16-7-11-18(27)12-8-16/h3-14,22H,2,15H2,1H3,(H,28,31)(H,29,32). The first-order valence-corrected chi connectivity index (χ1v) is 11.7. The van der Waals surface area contributed by atoms with Crippen molar-refractivity contribution in [3.63, 3.8) is 0 Å². The molecule has 0 aromatic heterocycles. The van der Waals surface area contributed by atoms with Gasteiger partial charge in [-0.15, -0.1) is 0 Å². The Hall–Kier alpha value is -3.98. The van der Waals surface area contributed by atoms with Gasteiger partial charge in [0, 0.05) is 15.7 Å². The molecule has 3 amide bonds. The minimum absolute atomic E-state index is 0.262. The van der Waals surface area contributed by atoms with Crippen molar-refractivity contribution in [2.75, 3.05) is 22.1 Å². The molecule has 1 heterocycles. The van der Waals surface area contributed by atoms with Crippen LogP contribution in [0.1, 0.15) is 34.1 Å². The first-order valence-electron chi connectivity index (χ1n) is 10.9. The molecule has 0 saturated carbocycles. The number of carbonyl (C=O) groups is 4. The summed E-state index contributed by atoms with van der Waals surface area (Å²) in [6.07, 6.45) is -0.262. The van der Waals surface area contributed by atoms with Gasteiger partial charge in [-0.1, -0.05) is 28.1 Å². The molecule has 35 heavy (non-hydrogen) atoms. The number of ether oxygens (including phenoxy) is 1. The fourth-order valence-corrected chi connectivity index (χ4v) is 4.01. The Morgan fingerprint density at radius 1 is 0.971 bits per heavy atom. The summed E-state index contributed by atoms with van der Waals surface area (Å²) in [5, 5.41) is 5.51. The van der Waals surface area contributed by atoms with E-state index in [-0.39, 0.29) is 13.0 Å². The molecule has 178 valence electrons. The van der Waals surface area contributed by atoms with Gasteiger partial charge in [-0.25, -0.2) is 4.79 Å². The number of hydrogen-bond donors (Lipinski definition) is 2. The smallest absolute Gasteiger partial charge is 0.338 e. The third-order valence-corrected chi connectivity index (χ3v) is 5.93. The average molecular weight is 536 g/mol. The van der Waals surface area contributed by atoms with Crippen molar-refractivity contribution >= 4 is 56.7 Å². The number of esters is 1. The number of hydrogen-bond acceptors (Lipinski definition) is 5. The van der Waals surface area contributed by atoms with Crippen LogP contribution in [0.25, 0.3) is 0 Å². The second kappa shape index (κ2) is 10.5. The van der Waals surface area contributed by atoms with Gasteiger partial charge in [0.05, 0.1) is 30.0 Å². The second-order valence-corrected chi connectivity index (χ2v) is 8.67. The van der Waals surface area contributed by atoms with Crippen molar-refractivity contribution in [3.8, 4) is 0 Å². The summed E-state index contributed by atoms with van der Waals surface area (Å²) >= 11 is 3.35. The van der Waals surface area contributed by atoms with E-state index < -0.39 is 29.7 Å². The van der Waals surface area contributed by atoms with Gasteiger partial charge in [-0.3, -0.25) is 19.3 Å². The largest absolute Gasteiger partial charge is 0.462 e. The van der Waals surface area contributed by atoms with Gasteiger partial charge < -0.3 is 15.4 Å². The van der Waals surface area contributed by atoms with Crippen LogP contribution >= 0.6 is 15.9 Å². The van der Waals surface area contributed by atoms with E-state index in [1.54, 1.807) is 79.7 Å². The number of carbonyl (C=O) groups excluding carboxylic acids is 4. The molecule has 0 aliphatic carbocycles. The summed E-state index contributed by atoms with van der Waals surface area (Å²) in [6.45, 7) is 1.98. The highest BCUT2D eigenvalue weighted by Crippen LogP contribution is 2.34. The lowest BCUT2D eigenvalue weighted by Gasteiger charge is -2.36.